The van der Waals surface area contributed by atoms with Crippen LogP contribution in [-0.4, -0.2) is 18.9 Å². The number of benzene rings is 2. The Kier molecular flexibility index (Phi) is 4.95. The Balaban J connectivity index is 1.62. The number of halogens is 1. The fourth-order valence-electron chi connectivity index (χ4n) is 2.71. The molecule has 2 N–H and O–H groups in total. The van der Waals surface area contributed by atoms with Gasteiger partial charge in [0.2, 0.25) is 11.8 Å². The van der Waals surface area contributed by atoms with Gasteiger partial charge in [-0.15, -0.1) is 0 Å². The highest BCUT2D eigenvalue weighted by Gasteiger charge is 2.48. The molecule has 1 fully saturated rings. The van der Waals surface area contributed by atoms with Crippen molar-refractivity contribution in [3.8, 4) is 5.75 Å². The van der Waals surface area contributed by atoms with E-state index in [1.54, 1.807) is 37.4 Å². The predicted molar refractivity (Wildman–Crippen MR) is 98.0 cm³/mol. The Morgan fingerprint density at radius 1 is 1.04 bits per heavy atom. The lowest BCUT2D eigenvalue weighted by Gasteiger charge is -2.11. The van der Waals surface area contributed by atoms with Crippen molar-refractivity contribution in [3.05, 3.63) is 53.1 Å². The molecule has 0 spiro atoms. The first-order chi connectivity index (χ1) is 12.0. The number of para-hydroxylation sites is 1. The largest absolute Gasteiger partial charge is 0.495 e. The Morgan fingerprint density at radius 3 is 2.32 bits per heavy atom. The quantitative estimate of drug-likeness (QED) is 0.852. The number of carbonyl (C=O) groups is 2. The number of aryl methyl sites for hydroxylation is 1. The fourth-order valence-corrected chi connectivity index (χ4v) is 2.89. The minimum atomic E-state index is -0.341. The van der Waals surface area contributed by atoms with Crippen molar-refractivity contribution in [1.29, 1.82) is 0 Å². The number of nitrogens with one attached hydrogen (secondary N) is 2. The monoisotopic (exact) mass is 358 g/mol. The van der Waals surface area contributed by atoms with Crippen molar-refractivity contribution in [3.63, 3.8) is 0 Å². The molecule has 0 radical (unpaired) electrons. The molecule has 0 aromatic heterocycles. The van der Waals surface area contributed by atoms with E-state index in [-0.39, 0.29) is 23.7 Å². The molecular weight excluding hydrogens is 340 g/mol. The van der Waals surface area contributed by atoms with Crippen LogP contribution >= 0.6 is 11.6 Å². The van der Waals surface area contributed by atoms with Gasteiger partial charge in [0.05, 0.1) is 35.3 Å². The Hall–Kier alpha value is -2.53. The van der Waals surface area contributed by atoms with Crippen molar-refractivity contribution in [1.82, 2.24) is 0 Å². The first-order valence-electron chi connectivity index (χ1n) is 8.00. The van der Waals surface area contributed by atoms with Crippen LogP contribution in [0.15, 0.2) is 42.5 Å². The first kappa shape index (κ1) is 17.3. The van der Waals surface area contributed by atoms with Crippen molar-refractivity contribution >= 4 is 34.8 Å². The second-order valence-corrected chi connectivity index (χ2v) is 6.52. The zero-order valence-electron chi connectivity index (χ0n) is 14.0. The van der Waals surface area contributed by atoms with Crippen LogP contribution < -0.4 is 15.4 Å². The molecule has 2 amide bonds. The van der Waals surface area contributed by atoms with E-state index in [4.69, 9.17) is 16.3 Å². The van der Waals surface area contributed by atoms with Crippen molar-refractivity contribution in [2.24, 2.45) is 11.8 Å². The average Bonchev–Trinajstić information content (AvgIpc) is 3.38. The highest BCUT2D eigenvalue weighted by atomic mass is 35.5. The van der Waals surface area contributed by atoms with E-state index in [1.165, 1.54) is 0 Å². The summed E-state index contributed by atoms with van der Waals surface area (Å²) in [5, 5.41) is 6.11. The average molecular weight is 359 g/mol. The molecule has 2 aromatic carbocycles. The lowest BCUT2D eigenvalue weighted by atomic mass is 10.2. The minimum absolute atomic E-state index is 0.178. The van der Waals surface area contributed by atoms with Gasteiger partial charge in [-0.1, -0.05) is 29.8 Å². The van der Waals surface area contributed by atoms with Gasteiger partial charge >= 0.3 is 0 Å². The summed E-state index contributed by atoms with van der Waals surface area (Å²) in [6, 6.07) is 12.6. The van der Waals surface area contributed by atoms with Crippen LogP contribution in [0, 0.1) is 18.8 Å². The molecule has 2 unspecified atom stereocenters. The van der Waals surface area contributed by atoms with E-state index in [2.05, 4.69) is 10.6 Å². The minimum Gasteiger partial charge on any atom is -0.495 e. The zero-order chi connectivity index (χ0) is 18.0. The van der Waals surface area contributed by atoms with Gasteiger partial charge in [0.25, 0.3) is 0 Å². The maximum Gasteiger partial charge on any atom is 0.228 e. The lowest BCUT2D eigenvalue weighted by Crippen LogP contribution is -2.21. The molecule has 130 valence electrons. The van der Waals surface area contributed by atoms with Gasteiger partial charge in [-0.2, -0.15) is 0 Å². The van der Waals surface area contributed by atoms with Gasteiger partial charge in [0.15, 0.2) is 0 Å². The second kappa shape index (κ2) is 7.15. The van der Waals surface area contributed by atoms with Crippen molar-refractivity contribution in [2.75, 3.05) is 17.7 Å². The van der Waals surface area contributed by atoms with E-state index in [0.29, 0.717) is 28.6 Å². The number of ether oxygens (including phenoxy) is 1. The van der Waals surface area contributed by atoms with E-state index in [1.807, 2.05) is 19.1 Å². The van der Waals surface area contributed by atoms with Gasteiger partial charge in [0.1, 0.15) is 5.75 Å². The molecule has 3 rings (SSSR count). The third kappa shape index (κ3) is 3.94. The number of carbonyl (C=O) groups excluding carboxylic acids is 2. The summed E-state index contributed by atoms with van der Waals surface area (Å²) >= 11 is 6.04. The Labute approximate surface area is 151 Å². The molecule has 2 aromatic rings. The predicted octanol–water partition coefficient (Wildman–Crippen LogP) is 3.87. The van der Waals surface area contributed by atoms with Gasteiger partial charge in [0, 0.05) is 0 Å². The molecule has 0 saturated heterocycles. The SMILES string of the molecule is COc1ccc(C)cc1NC(=O)C1CC1C(=O)Nc1ccccc1Cl. The number of hydrogen-bond donors (Lipinski definition) is 2. The molecule has 1 aliphatic rings. The Morgan fingerprint density at radius 2 is 1.68 bits per heavy atom. The molecule has 0 aliphatic heterocycles. The van der Waals surface area contributed by atoms with E-state index in [0.717, 1.165) is 5.56 Å². The molecule has 0 heterocycles. The van der Waals surface area contributed by atoms with Crippen molar-refractivity contribution < 1.29 is 14.3 Å². The van der Waals surface area contributed by atoms with Crippen LogP contribution in [-0.2, 0) is 9.59 Å². The molecule has 1 aliphatic carbocycles. The van der Waals surface area contributed by atoms with E-state index in [9.17, 15) is 9.59 Å². The molecular formula is C19H19ClN2O3. The van der Waals surface area contributed by atoms with E-state index >= 15 is 0 Å². The van der Waals surface area contributed by atoms with Crippen LogP contribution in [0.3, 0.4) is 0 Å². The number of rotatable bonds is 5. The summed E-state index contributed by atoms with van der Waals surface area (Å²) in [6.07, 6.45) is 0.524. The van der Waals surface area contributed by atoms with Gasteiger partial charge < -0.3 is 15.4 Å². The molecule has 2 atom stereocenters. The summed E-state index contributed by atoms with van der Waals surface area (Å²) in [5.74, 6) is -0.455. The summed E-state index contributed by atoms with van der Waals surface area (Å²) in [6.45, 7) is 1.94. The summed E-state index contributed by atoms with van der Waals surface area (Å²) in [4.78, 5) is 24.7. The lowest BCUT2D eigenvalue weighted by molar-refractivity contribution is -0.122. The third-order valence-corrected chi connectivity index (χ3v) is 4.54. The van der Waals surface area contributed by atoms with Crippen LogP contribution in [0.2, 0.25) is 5.02 Å². The van der Waals surface area contributed by atoms with Crippen LogP contribution in [0.1, 0.15) is 12.0 Å². The standard InChI is InChI=1S/C19H19ClN2O3/c1-11-7-8-17(25-2)16(9-11)22-19(24)13-10-12(13)18(23)21-15-6-4-3-5-14(15)20/h3-9,12-13H,10H2,1-2H3,(H,21,23)(H,22,24). The third-order valence-electron chi connectivity index (χ3n) is 4.21. The Bertz CT molecular complexity index is 822. The molecule has 25 heavy (non-hydrogen) atoms. The highest BCUT2D eigenvalue weighted by Crippen LogP contribution is 2.41. The smallest absolute Gasteiger partial charge is 0.228 e. The maximum absolute atomic E-state index is 12.4. The van der Waals surface area contributed by atoms with Gasteiger partial charge in [-0.25, -0.2) is 0 Å². The van der Waals surface area contributed by atoms with Crippen LogP contribution in [0.5, 0.6) is 5.75 Å². The normalized spacial score (nSPS) is 18.4. The molecule has 1 saturated carbocycles. The maximum atomic E-state index is 12.4. The van der Waals surface area contributed by atoms with Crippen molar-refractivity contribution in [2.45, 2.75) is 13.3 Å². The van der Waals surface area contributed by atoms with Crippen LogP contribution in [0.4, 0.5) is 11.4 Å². The van der Waals surface area contributed by atoms with Gasteiger partial charge in [-0.05, 0) is 43.2 Å². The number of methoxy groups -OCH3 is 1. The summed E-state index contributed by atoms with van der Waals surface area (Å²) in [7, 11) is 1.55. The zero-order valence-corrected chi connectivity index (χ0v) is 14.8. The number of anilines is 2. The first-order valence-corrected chi connectivity index (χ1v) is 8.38. The summed E-state index contributed by atoms with van der Waals surface area (Å²) < 4.78 is 5.26. The molecule has 0 bridgehead atoms. The topological polar surface area (TPSA) is 67.4 Å². The highest BCUT2D eigenvalue weighted by molar-refractivity contribution is 6.33. The molecule has 5 nitrogen and oxygen atoms in total. The van der Waals surface area contributed by atoms with Gasteiger partial charge in [-0.3, -0.25) is 9.59 Å². The van der Waals surface area contributed by atoms with Crippen LogP contribution in [0.25, 0.3) is 0 Å². The molecule has 6 heteroatoms. The second-order valence-electron chi connectivity index (χ2n) is 6.11. The number of amides is 2. The van der Waals surface area contributed by atoms with E-state index < -0.39 is 0 Å². The summed E-state index contributed by atoms with van der Waals surface area (Å²) in [5.41, 5.74) is 2.19. The number of hydrogen-bond acceptors (Lipinski definition) is 3. The fraction of sp³-hybridized carbons (Fsp3) is 0.263.